The van der Waals surface area contributed by atoms with Crippen LogP contribution in [-0.4, -0.2) is 20.2 Å². The molecule has 0 spiro atoms. The largest absolute Gasteiger partial charge is 0.444 e. The van der Waals surface area contributed by atoms with Crippen molar-refractivity contribution in [2.75, 3.05) is 5.32 Å². The quantitative estimate of drug-likeness (QED) is 0.562. The normalized spacial score (nSPS) is 10.8. The van der Waals surface area contributed by atoms with Crippen molar-refractivity contribution in [3.63, 3.8) is 0 Å². The Morgan fingerprint density at radius 1 is 1.15 bits per heavy atom. The van der Waals surface area contributed by atoms with Gasteiger partial charge in [-0.15, -0.1) is 0 Å². The second kappa shape index (κ2) is 6.84. The summed E-state index contributed by atoms with van der Waals surface area (Å²) in [6, 6.07) is 10.1. The summed E-state index contributed by atoms with van der Waals surface area (Å²) in [4.78, 5) is 8.60. The summed E-state index contributed by atoms with van der Waals surface area (Å²) >= 11 is 0. The van der Waals surface area contributed by atoms with Crippen LogP contribution in [0.3, 0.4) is 0 Å². The van der Waals surface area contributed by atoms with Gasteiger partial charge in [0.15, 0.2) is 0 Å². The van der Waals surface area contributed by atoms with Crippen LogP contribution in [0.15, 0.2) is 59.6 Å². The minimum absolute atomic E-state index is 0.642. The molecular formula is C20H19N5O. The summed E-state index contributed by atoms with van der Waals surface area (Å²) < 4.78 is 5.55. The molecule has 0 aliphatic rings. The van der Waals surface area contributed by atoms with E-state index in [1.54, 1.807) is 12.5 Å². The molecule has 1 aromatic carbocycles. The zero-order chi connectivity index (χ0) is 17.9. The molecule has 2 N–H and O–H groups in total. The van der Waals surface area contributed by atoms with E-state index in [4.69, 9.17) is 4.42 Å². The van der Waals surface area contributed by atoms with Gasteiger partial charge in [-0.1, -0.05) is 6.07 Å². The fraction of sp³-hybridized carbons (Fsp3) is 0.150. The molecule has 130 valence electrons. The maximum Gasteiger partial charge on any atom is 0.226 e. The summed E-state index contributed by atoms with van der Waals surface area (Å²) in [5.41, 5.74) is 7.05. The smallest absolute Gasteiger partial charge is 0.226 e. The van der Waals surface area contributed by atoms with Crippen molar-refractivity contribution in [3.05, 3.63) is 72.0 Å². The average molecular weight is 345 g/mol. The Morgan fingerprint density at radius 2 is 2.08 bits per heavy atom. The van der Waals surface area contributed by atoms with E-state index in [9.17, 15) is 0 Å². The third kappa shape index (κ3) is 3.21. The van der Waals surface area contributed by atoms with Crippen molar-refractivity contribution < 1.29 is 4.42 Å². The molecule has 0 atom stereocenters. The van der Waals surface area contributed by atoms with E-state index < -0.39 is 0 Å². The van der Waals surface area contributed by atoms with Gasteiger partial charge in [0.25, 0.3) is 0 Å². The molecule has 6 nitrogen and oxygen atoms in total. The predicted molar refractivity (Wildman–Crippen MR) is 101 cm³/mol. The molecule has 26 heavy (non-hydrogen) atoms. The Hall–Kier alpha value is -3.41. The highest BCUT2D eigenvalue weighted by molar-refractivity contribution is 5.66. The third-order valence-corrected chi connectivity index (χ3v) is 4.24. The van der Waals surface area contributed by atoms with Gasteiger partial charge in [-0.3, -0.25) is 10.1 Å². The van der Waals surface area contributed by atoms with Crippen molar-refractivity contribution in [2.24, 2.45) is 0 Å². The van der Waals surface area contributed by atoms with Gasteiger partial charge in [0, 0.05) is 41.3 Å². The summed E-state index contributed by atoms with van der Waals surface area (Å²) in [6.07, 6.45) is 7.09. The number of hydrogen-bond donors (Lipinski definition) is 2. The average Bonchev–Trinajstić information content (AvgIpc) is 3.31. The minimum atomic E-state index is 0.642. The zero-order valence-corrected chi connectivity index (χ0v) is 14.7. The fourth-order valence-electron chi connectivity index (χ4n) is 2.84. The van der Waals surface area contributed by atoms with Crippen LogP contribution in [0.25, 0.3) is 22.7 Å². The number of pyridine rings is 1. The number of anilines is 1. The number of hydrogen-bond acceptors (Lipinski definition) is 5. The van der Waals surface area contributed by atoms with Crippen LogP contribution >= 0.6 is 0 Å². The van der Waals surface area contributed by atoms with E-state index >= 15 is 0 Å². The molecule has 0 saturated heterocycles. The first-order valence-electron chi connectivity index (χ1n) is 8.40. The molecule has 0 amide bonds. The lowest BCUT2D eigenvalue weighted by Crippen LogP contribution is -2.00. The highest BCUT2D eigenvalue weighted by Crippen LogP contribution is 2.27. The zero-order valence-electron chi connectivity index (χ0n) is 14.7. The molecule has 4 aromatic rings. The van der Waals surface area contributed by atoms with E-state index in [0.29, 0.717) is 12.4 Å². The van der Waals surface area contributed by atoms with Gasteiger partial charge < -0.3 is 9.73 Å². The molecule has 0 saturated carbocycles. The topological polar surface area (TPSA) is 79.6 Å². The van der Waals surface area contributed by atoms with Gasteiger partial charge in [0.1, 0.15) is 6.26 Å². The summed E-state index contributed by atoms with van der Waals surface area (Å²) in [7, 11) is 0. The number of aromatic nitrogens is 4. The Labute approximate surface area is 151 Å². The Morgan fingerprint density at radius 3 is 2.85 bits per heavy atom. The first-order valence-corrected chi connectivity index (χ1v) is 8.40. The lowest BCUT2D eigenvalue weighted by atomic mass is 10.1. The van der Waals surface area contributed by atoms with Gasteiger partial charge >= 0.3 is 0 Å². The highest BCUT2D eigenvalue weighted by Gasteiger charge is 2.11. The summed E-state index contributed by atoms with van der Waals surface area (Å²) in [6.45, 7) is 4.62. The van der Waals surface area contributed by atoms with Crippen LogP contribution < -0.4 is 5.32 Å². The van der Waals surface area contributed by atoms with E-state index in [1.807, 2.05) is 31.5 Å². The van der Waals surface area contributed by atoms with Crippen molar-refractivity contribution in [2.45, 2.75) is 20.4 Å². The number of nitrogens with one attached hydrogen (secondary N) is 2. The standard InChI is InChI=1S/C20H19N5O/c1-13-5-6-17(8-18(13)20-24-14(2)12-26-20)22-10-16-11-23-25-19(16)15-4-3-7-21-9-15/h3-9,11-12,22H,10H2,1-2H3,(H,23,25). The molecular weight excluding hydrogens is 326 g/mol. The molecule has 0 unspecified atom stereocenters. The number of benzene rings is 1. The number of rotatable bonds is 5. The van der Waals surface area contributed by atoms with Crippen molar-refractivity contribution >= 4 is 5.69 Å². The molecule has 0 aliphatic heterocycles. The molecule has 0 radical (unpaired) electrons. The lowest BCUT2D eigenvalue weighted by Gasteiger charge is -2.10. The first kappa shape index (κ1) is 16.1. The number of oxazole rings is 1. The predicted octanol–water partition coefficient (Wildman–Crippen LogP) is 4.36. The number of aryl methyl sites for hydroxylation is 2. The second-order valence-corrected chi connectivity index (χ2v) is 6.19. The van der Waals surface area contributed by atoms with Crippen LogP contribution in [0.1, 0.15) is 16.8 Å². The number of H-pyrrole nitrogens is 1. The Bertz CT molecular complexity index is 1020. The second-order valence-electron chi connectivity index (χ2n) is 6.19. The molecule has 4 rings (SSSR count). The maximum atomic E-state index is 5.55. The Balaban J connectivity index is 1.56. The van der Waals surface area contributed by atoms with Crippen molar-refractivity contribution in [1.29, 1.82) is 0 Å². The van der Waals surface area contributed by atoms with Crippen LogP contribution in [0.4, 0.5) is 5.69 Å². The van der Waals surface area contributed by atoms with Gasteiger partial charge in [-0.2, -0.15) is 5.10 Å². The molecule has 0 fully saturated rings. The van der Waals surface area contributed by atoms with Gasteiger partial charge in [-0.25, -0.2) is 4.98 Å². The van der Waals surface area contributed by atoms with E-state index in [0.717, 1.165) is 39.3 Å². The first-order chi connectivity index (χ1) is 12.7. The van der Waals surface area contributed by atoms with Crippen LogP contribution in [-0.2, 0) is 6.54 Å². The summed E-state index contributed by atoms with van der Waals surface area (Å²) in [5, 5.41) is 10.7. The van der Waals surface area contributed by atoms with Crippen molar-refractivity contribution in [1.82, 2.24) is 20.2 Å². The SMILES string of the molecule is Cc1coc(-c2cc(NCc3cn[nH]c3-c3cccnc3)ccc2C)n1. The van der Waals surface area contributed by atoms with Gasteiger partial charge in [0.2, 0.25) is 5.89 Å². The van der Waals surface area contributed by atoms with Gasteiger partial charge in [-0.05, 0) is 43.7 Å². The number of nitrogens with zero attached hydrogens (tertiary/aromatic N) is 3. The van der Waals surface area contributed by atoms with Crippen LogP contribution in [0, 0.1) is 13.8 Å². The molecule has 3 heterocycles. The van der Waals surface area contributed by atoms with Crippen LogP contribution in [0.2, 0.25) is 0 Å². The molecule has 3 aromatic heterocycles. The molecule has 0 bridgehead atoms. The minimum Gasteiger partial charge on any atom is -0.444 e. The molecule has 6 heteroatoms. The van der Waals surface area contributed by atoms with Gasteiger partial charge in [0.05, 0.1) is 17.6 Å². The Kier molecular flexibility index (Phi) is 4.23. The lowest BCUT2D eigenvalue weighted by molar-refractivity contribution is 0.573. The van der Waals surface area contributed by atoms with Crippen LogP contribution in [0.5, 0.6) is 0 Å². The highest BCUT2D eigenvalue weighted by atomic mass is 16.3. The monoisotopic (exact) mass is 345 g/mol. The third-order valence-electron chi connectivity index (χ3n) is 4.24. The van der Waals surface area contributed by atoms with Crippen molar-refractivity contribution in [3.8, 4) is 22.7 Å². The van der Waals surface area contributed by atoms with E-state index in [-0.39, 0.29) is 0 Å². The van der Waals surface area contributed by atoms with E-state index in [1.165, 1.54) is 0 Å². The van der Waals surface area contributed by atoms with E-state index in [2.05, 4.69) is 50.6 Å². The summed E-state index contributed by atoms with van der Waals surface area (Å²) in [5.74, 6) is 0.642. The maximum absolute atomic E-state index is 5.55. The number of aromatic amines is 1. The fourth-order valence-corrected chi connectivity index (χ4v) is 2.84. The molecule has 0 aliphatic carbocycles.